The second-order valence-electron chi connectivity index (χ2n) is 5.71. The van der Waals surface area contributed by atoms with Crippen LogP contribution in [0.4, 0.5) is 16.5 Å². The fraction of sp³-hybridized carbons (Fsp3) is 0.188. The molecule has 9 nitrogen and oxygen atoms in total. The number of nitro benzene ring substituents is 1. The third-order valence-electron chi connectivity index (χ3n) is 3.43. The molecule has 3 aromatic rings. The average Bonchev–Trinajstić information content (AvgIpc) is 3.20. The SMILES string of the molecule is CN(C)c1nc2sc(C(=O)OCC(=O)Nc3ccc(Cl)cc3[N+](=O)[O-])cc2s1. The normalized spacial score (nSPS) is 10.7. The van der Waals surface area contributed by atoms with Gasteiger partial charge in [0.2, 0.25) is 0 Å². The van der Waals surface area contributed by atoms with Crippen LogP contribution >= 0.6 is 34.3 Å². The number of hydrogen-bond donors (Lipinski definition) is 1. The molecule has 146 valence electrons. The Morgan fingerprint density at radius 1 is 1.32 bits per heavy atom. The van der Waals surface area contributed by atoms with Crippen LogP contribution < -0.4 is 10.2 Å². The molecule has 0 unspecified atom stereocenters. The molecule has 0 bridgehead atoms. The molecular weight excluding hydrogens is 428 g/mol. The first kappa shape index (κ1) is 20.0. The highest BCUT2D eigenvalue weighted by Crippen LogP contribution is 2.34. The molecule has 2 heterocycles. The van der Waals surface area contributed by atoms with E-state index in [2.05, 4.69) is 10.3 Å². The van der Waals surface area contributed by atoms with Crippen molar-refractivity contribution in [1.82, 2.24) is 4.98 Å². The first-order chi connectivity index (χ1) is 13.2. The van der Waals surface area contributed by atoms with Crippen LogP contribution in [0.25, 0.3) is 9.53 Å². The second-order valence-corrected chi connectivity index (χ2v) is 8.19. The quantitative estimate of drug-likeness (QED) is 0.352. The van der Waals surface area contributed by atoms with Crippen LogP contribution in [0.5, 0.6) is 0 Å². The average molecular weight is 441 g/mol. The number of thiophene rings is 1. The van der Waals surface area contributed by atoms with Crippen LogP contribution in [0.1, 0.15) is 9.67 Å². The highest BCUT2D eigenvalue weighted by Gasteiger charge is 2.19. The number of aromatic nitrogens is 1. The Hall–Kier alpha value is -2.76. The number of thiazole rings is 1. The number of benzene rings is 1. The zero-order chi connectivity index (χ0) is 20.4. The summed E-state index contributed by atoms with van der Waals surface area (Å²) >= 11 is 8.34. The van der Waals surface area contributed by atoms with Crippen LogP contribution in [0.15, 0.2) is 24.3 Å². The molecule has 1 N–H and O–H groups in total. The van der Waals surface area contributed by atoms with Gasteiger partial charge in [-0.05, 0) is 18.2 Å². The molecule has 1 amide bonds. The third kappa shape index (κ3) is 4.38. The van der Waals surface area contributed by atoms with Crippen molar-refractivity contribution in [2.75, 3.05) is 30.9 Å². The minimum absolute atomic E-state index is 0.0347. The van der Waals surface area contributed by atoms with Crippen molar-refractivity contribution in [3.05, 3.63) is 44.3 Å². The van der Waals surface area contributed by atoms with Gasteiger partial charge in [0.15, 0.2) is 11.7 Å². The lowest BCUT2D eigenvalue weighted by Crippen LogP contribution is -2.21. The molecule has 0 saturated heterocycles. The summed E-state index contributed by atoms with van der Waals surface area (Å²) in [5.74, 6) is -1.37. The highest BCUT2D eigenvalue weighted by molar-refractivity contribution is 7.29. The van der Waals surface area contributed by atoms with E-state index in [9.17, 15) is 19.7 Å². The van der Waals surface area contributed by atoms with Crippen molar-refractivity contribution in [2.24, 2.45) is 0 Å². The number of rotatable bonds is 6. The number of fused-ring (bicyclic) bond motifs is 1. The summed E-state index contributed by atoms with van der Waals surface area (Å²) in [7, 11) is 3.75. The van der Waals surface area contributed by atoms with Gasteiger partial charge in [0.05, 0.1) is 9.62 Å². The molecule has 3 rings (SSSR count). The number of hydrogen-bond acceptors (Lipinski definition) is 9. The van der Waals surface area contributed by atoms with Gasteiger partial charge < -0.3 is 15.0 Å². The number of carbonyl (C=O) groups excluding carboxylic acids is 2. The van der Waals surface area contributed by atoms with Gasteiger partial charge in [0.25, 0.3) is 11.6 Å². The monoisotopic (exact) mass is 440 g/mol. The van der Waals surface area contributed by atoms with Crippen molar-refractivity contribution < 1.29 is 19.2 Å². The van der Waals surface area contributed by atoms with Crippen molar-refractivity contribution in [1.29, 1.82) is 0 Å². The highest BCUT2D eigenvalue weighted by atomic mass is 35.5. The number of amides is 1. The lowest BCUT2D eigenvalue weighted by Gasteiger charge is -2.07. The molecule has 0 atom stereocenters. The summed E-state index contributed by atoms with van der Waals surface area (Å²) in [6.45, 7) is -0.583. The minimum Gasteiger partial charge on any atom is -0.451 e. The fourth-order valence-electron chi connectivity index (χ4n) is 2.17. The zero-order valence-corrected chi connectivity index (χ0v) is 17.0. The van der Waals surface area contributed by atoms with Crippen LogP contribution in [-0.4, -0.2) is 42.5 Å². The first-order valence-corrected chi connectivity index (χ1v) is 9.74. The standard InChI is InChI=1S/C16H13ClN4O5S2/c1-20(2)16-19-14-11(28-16)6-12(27-14)15(23)26-7-13(22)18-9-4-3-8(17)5-10(9)21(24)25/h3-6H,7H2,1-2H3,(H,18,22). The Morgan fingerprint density at radius 2 is 2.07 bits per heavy atom. The fourth-order valence-corrected chi connectivity index (χ4v) is 4.36. The summed E-state index contributed by atoms with van der Waals surface area (Å²) in [6, 6.07) is 5.50. The van der Waals surface area contributed by atoms with Crippen LogP contribution in [0.2, 0.25) is 5.02 Å². The Kier molecular flexibility index (Phi) is 5.77. The van der Waals surface area contributed by atoms with E-state index in [1.165, 1.54) is 34.8 Å². The summed E-state index contributed by atoms with van der Waals surface area (Å²) in [4.78, 5) is 41.8. The molecule has 12 heteroatoms. The van der Waals surface area contributed by atoms with Gasteiger partial charge in [-0.3, -0.25) is 14.9 Å². The number of halogens is 1. The van der Waals surface area contributed by atoms with Gasteiger partial charge in [0, 0.05) is 25.2 Å². The first-order valence-electron chi connectivity index (χ1n) is 7.73. The molecule has 0 saturated carbocycles. The third-order valence-corrected chi connectivity index (χ3v) is 5.97. The molecule has 1 aromatic carbocycles. The molecule has 0 radical (unpaired) electrons. The van der Waals surface area contributed by atoms with E-state index in [1.807, 2.05) is 19.0 Å². The van der Waals surface area contributed by atoms with Gasteiger partial charge in [0.1, 0.15) is 15.4 Å². The van der Waals surface area contributed by atoms with E-state index in [0.717, 1.165) is 15.9 Å². The van der Waals surface area contributed by atoms with Crippen LogP contribution in [0.3, 0.4) is 0 Å². The Balaban J connectivity index is 1.62. The van der Waals surface area contributed by atoms with E-state index < -0.39 is 23.4 Å². The number of ether oxygens (including phenoxy) is 1. The number of nitro groups is 1. The number of esters is 1. The number of nitrogens with zero attached hydrogens (tertiary/aromatic N) is 3. The largest absolute Gasteiger partial charge is 0.451 e. The van der Waals surface area contributed by atoms with Gasteiger partial charge in [-0.25, -0.2) is 9.78 Å². The van der Waals surface area contributed by atoms with Gasteiger partial charge in [-0.2, -0.15) is 0 Å². The van der Waals surface area contributed by atoms with E-state index in [0.29, 0.717) is 9.71 Å². The van der Waals surface area contributed by atoms with Crippen LogP contribution in [0, 0.1) is 10.1 Å². The topological polar surface area (TPSA) is 115 Å². The van der Waals surface area contributed by atoms with Crippen molar-refractivity contribution in [2.45, 2.75) is 0 Å². The van der Waals surface area contributed by atoms with Crippen LogP contribution in [-0.2, 0) is 9.53 Å². The smallest absolute Gasteiger partial charge is 0.348 e. The Bertz CT molecular complexity index is 1050. The maximum absolute atomic E-state index is 12.2. The van der Waals surface area contributed by atoms with Crippen molar-refractivity contribution in [3.8, 4) is 0 Å². The van der Waals surface area contributed by atoms with E-state index >= 15 is 0 Å². The summed E-state index contributed by atoms with van der Waals surface area (Å²) in [5.41, 5.74) is -0.388. The molecule has 0 aliphatic heterocycles. The summed E-state index contributed by atoms with van der Waals surface area (Å²) < 4.78 is 5.84. The second kappa shape index (κ2) is 8.09. The van der Waals surface area contributed by atoms with E-state index in [4.69, 9.17) is 16.3 Å². The van der Waals surface area contributed by atoms with Gasteiger partial charge >= 0.3 is 5.97 Å². The van der Waals surface area contributed by atoms with Gasteiger partial charge in [-0.15, -0.1) is 11.3 Å². The maximum Gasteiger partial charge on any atom is 0.348 e. The Morgan fingerprint density at radius 3 is 2.71 bits per heavy atom. The molecule has 0 aliphatic rings. The van der Waals surface area contributed by atoms with E-state index in [-0.39, 0.29) is 16.4 Å². The lowest BCUT2D eigenvalue weighted by atomic mass is 10.2. The predicted octanol–water partition coefficient (Wildman–Crippen LogP) is 3.78. The molecule has 28 heavy (non-hydrogen) atoms. The number of carbonyl (C=O) groups is 2. The summed E-state index contributed by atoms with van der Waals surface area (Å²) in [5, 5.41) is 14.4. The molecular formula is C16H13ClN4O5S2. The molecule has 0 aliphatic carbocycles. The van der Waals surface area contributed by atoms with Crippen molar-refractivity contribution >= 4 is 72.2 Å². The molecule has 2 aromatic heterocycles. The van der Waals surface area contributed by atoms with Crippen molar-refractivity contribution in [3.63, 3.8) is 0 Å². The maximum atomic E-state index is 12.2. The predicted molar refractivity (Wildman–Crippen MR) is 109 cm³/mol. The summed E-state index contributed by atoms with van der Waals surface area (Å²) in [6.07, 6.45) is 0. The Labute approximate surface area is 171 Å². The lowest BCUT2D eigenvalue weighted by molar-refractivity contribution is -0.383. The molecule has 0 spiro atoms. The zero-order valence-electron chi connectivity index (χ0n) is 14.6. The van der Waals surface area contributed by atoms with E-state index in [1.54, 1.807) is 6.07 Å². The minimum atomic E-state index is -0.704. The van der Waals surface area contributed by atoms with Gasteiger partial charge in [-0.1, -0.05) is 22.9 Å². The molecule has 0 fully saturated rings. The number of anilines is 2. The number of nitrogens with one attached hydrogen (secondary N) is 1.